The van der Waals surface area contributed by atoms with Crippen molar-refractivity contribution in [3.8, 4) is 0 Å². The summed E-state index contributed by atoms with van der Waals surface area (Å²) in [6.45, 7) is 10.4. The third-order valence-electron chi connectivity index (χ3n) is 6.05. The molecule has 0 spiro atoms. The van der Waals surface area contributed by atoms with E-state index in [-0.39, 0.29) is 28.9 Å². The average molecular weight is 355 g/mol. The summed E-state index contributed by atoms with van der Waals surface area (Å²) in [5.41, 5.74) is 2.43. The van der Waals surface area contributed by atoms with Gasteiger partial charge < -0.3 is 4.74 Å². The number of hydrogen-bond donors (Lipinski definition) is 0. The van der Waals surface area contributed by atoms with Gasteiger partial charge in [-0.1, -0.05) is 42.4 Å². The number of benzene rings is 1. The summed E-state index contributed by atoms with van der Waals surface area (Å²) >= 11 is 0. The molecule has 0 N–H and O–H groups in total. The largest absolute Gasteiger partial charge is 0.466 e. The lowest BCUT2D eigenvalue weighted by Gasteiger charge is -2.66. The maximum Gasteiger partial charge on any atom is 0.313 e. The van der Waals surface area contributed by atoms with Crippen molar-refractivity contribution in [2.24, 2.45) is 16.7 Å². The smallest absolute Gasteiger partial charge is 0.313 e. The quantitative estimate of drug-likeness (QED) is 0.442. The molecule has 3 rings (SSSR count). The lowest BCUT2D eigenvalue weighted by Crippen LogP contribution is -2.64. The number of ether oxygens (including phenoxy) is 1. The molecule has 26 heavy (non-hydrogen) atoms. The van der Waals surface area contributed by atoms with E-state index < -0.39 is 10.3 Å². The molecule has 1 fully saturated rings. The molecule has 2 aliphatic rings. The standard InChI is InChI=1S/C21H25NO4/c1-6-26-19(23)21(5)17-14(3)11-13(2)12-20(17,4)18(21)15-7-9-16(10-8-15)22(24)25/h7-12,17-18H,6H2,1-5H3/t17-,18+,20+,21+/m0/s1. The minimum atomic E-state index is -0.696. The summed E-state index contributed by atoms with van der Waals surface area (Å²) in [5, 5.41) is 11.0. The van der Waals surface area contributed by atoms with Gasteiger partial charge >= 0.3 is 5.97 Å². The van der Waals surface area contributed by atoms with Crippen molar-refractivity contribution in [1.29, 1.82) is 0 Å². The zero-order valence-corrected chi connectivity index (χ0v) is 15.9. The predicted octanol–water partition coefficient (Wildman–Crippen LogP) is 4.79. The van der Waals surface area contributed by atoms with Crippen LogP contribution in [0.1, 0.15) is 46.1 Å². The fourth-order valence-corrected chi connectivity index (χ4v) is 5.65. The Hall–Kier alpha value is -2.43. The van der Waals surface area contributed by atoms with Gasteiger partial charge in [0.05, 0.1) is 16.9 Å². The molecule has 0 unspecified atom stereocenters. The van der Waals surface area contributed by atoms with Gasteiger partial charge in [0.1, 0.15) is 0 Å². The van der Waals surface area contributed by atoms with Crippen LogP contribution < -0.4 is 0 Å². The molecule has 0 saturated heterocycles. The highest BCUT2D eigenvalue weighted by Crippen LogP contribution is 2.72. The molecule has 0 amide bonds. The van der Waals surface area contributed by atoms with Crippen LogP contribution in [0.5, 0.6) is 0 Å². The zero-order valence-electron chi connectivity index (χ0n) is 15.9. The molecule has 1 aromatic rings. The molecule has 0 aromatic heterocycles. The normalized spacial score (nSPS) is 32.7. The molecule has 138 valence electrons. The van der Waals surface area contributed by atoms with Crippen molar-refractivity contribution in [3.63, 3.8) is 0 Å². The summed E-state index contributed by atoms with van der Waals surface area (Å²) in [6, 6.07) is 6.58. The van der Waals surface area contributed by atoms with Gasteiger partial charge in [-0.05, 0) is 33.3 Å². The Morgan fingerprint density at radius 2 is 1.81 bits per heavy atom. The molecule has 1 saturated carbocycles. The summed E-state index contributed by atoms with van der Waals surface area (Å²) in [7, 11) is 0. The summed E-state index contributed by atoms with van der Waals surface area (Å²) in [5.74, 6) is -0.247. The number of rotatable bonds is 4. The van der Waals surface area contributed by atoms with Crippen LogP contribution in [-0.2, 0) is 9.53 Å². The Morgan fingerprint density at radius 3 is 2.35 bits per heavy atom. The van der Waals surface area contributed by atoms with Crippen LogP contribution in [0, 0.1) is 26.9 Å². The maximum atomic E-state index is 13.0. The van der Waals surface area contributed by atoms with E-state index in [2.05, 4.69) is 32.9 Å². The monoisotopic (exact) mass is 355 g/mol. The van der Waals surface area contributed by atoms with Gasteiger partial charge in [-0.25, -0.2) is 0 Å². The first-order chi connectivity index (χ1) is 12.2. The summed E-state index contributed by atoms with van der Waals surface area (Å²) in [6.07, 6.45) is 4.37. The van der Waals surface area contributed by atoms with Crippen molar-refractivity contribution in [2.75, 3.05) is 6.61 Å². The Labute approximate surface area is 153 Å². The third kappa shape index (κ3) is 2.41. The van der Waals surface area contributed by atoms with Crippen molar-refractivity contribution >= 4 is 11.7 Å². The Balaban J connectivity index is 2.11. The number of carbonyl (C=O) groups is 1. The van der Waals surface area contributed by atoms with E-state index in [1.165, 1.54) is 23.3 Å². The van der Waals surface area contributed by atoms with E-state index in [9.17, 15) is 14.9 Å². The fraction of sp³-hybridized carbons (Fsp3) is 0.476. The van der Waals surface area contributed by atoms with E-state index in [0.717, 1.165) is 5.56 Å². The second-order valence-electron chi connectivity index (χ2n) is 7.86. The number of carbonyl (C=O) groups excluding carboxylic acids is 1. The van der Waals surface area contributed by atoms with Crippen molar-refractivity contribution in [2.45, 2.75) is 40.5 Å². The summed E-state index contributed by atoms with van der Waals surface area (Å²) < 4.78 is 5.44. The van der Waals surface area contributed by atoms with Crippen LogP contribution >= 0.6 is 0 Å². The minimum Gasteiger partial charge on any atom is -0.466 e. The highest BCUT2D eigenvalue weighted by Gasteiger charge is 2.70. The number of esters is 1. The molecule has 5 nitrogen and oxygen atoms in total. The van der Waals surface area contributed by atoms with Gasteiger partial charge in [-0.15, -0.1) is 0 Å². The average Bonchev–Trinajstić information content (AvgIpc) is 2.53. The maximum absolute atomic E-state index is 13.0. The molecule has 4 atom stereocenters. The predicted molar refractivity (Wildman–Crippen MR) is 99.7 cm³/mol. The van der Waals surface area contributed by atoms with Gasteiger partial charge in [0, 0.05) is 29.4 Å². The van der Waals surface area contributed by atoms with E-state index in [1.807, 2.05) is 13.8 Å². The van der Waals surface area contributed by atoms with E-state index in [4.69, 9.17) is 4.74 Å². The molecule has 1 aromatic carbocycles. The summed E-state index contributed by atoms with van der Waals surface area (Å²) in [4.78, 5) is 23.5. The molecule has 5 heteroatoms. The lowest BCUT2D eigenvalue weighted by atomic mass is 9.36. The molecular weight excluding hydrogens is 330 g/mol. The van der Waals surface area contributed by atoms with Gasteiger partial charge in [0.15, 0.2) is 0 Å². The third-order valence-corrected chi connectivity index (χ3v) is 6.05. The molecule has 0 radical (unpaired) electrons. The SMILES string of the molecule is CCOC(=O)[C@@]1(C)[C@H](c2ccc([N+](=O)[O-])cc2)[C@]2(C)C=C(C)C=C(C)[C@@H]21. The highest BCUT2D eigenvalue weighted by atomic mass is 16.6. The van der Waals surface area contributed by atoms with Crippen LogP contribution in [0.25, 0.3) is 0 Å². The Kier molecular flexibility index (Phi) is 4.29. The molecule has 2 aliphatic carbocycles. The second kappa shape index (κ2) is 6.08. The number of nitro groups is 1. The van der Waals surface area contributed by atoms with Crippen molar-refractivity contribution in [1.82, 2.24) is 0 Å². The van der Waals surface area contributed by atoms with Gasteiger partial charge in [-0.2, -0.15) is 0 Å². The number of hydrogen-bond acceptors (Lipinski definition) is 4. The van der Waals surface area contributed by atoms with Crippen LogP contribution in [0.3, 0.4) is 0 Å². The Bertz CT molecular complexity index is 823. The topological polar surface area (TPSA) is 69.4 Å². The first kappa shape index (κ1) is 18.4. The first-order valence-electron chi connectivity index (χ1n) is 8.95. The first-order valence-corrected chi connectivity index (χ1v) is 8.95. The zero-order chi connectivity index (χ0) is 19.3. The second-order valence-corrected chi connectivity index (χ2v) is 7.86. The fourth-order valence-electron chi connectivity index (χ4n) is 5.65. The van der Waals surface area contributed by atoms with E-state index in [1.54, 1.807) is 12.1 Å². The minimum absolute atomic E-state index is 0.0536. The van der Waals surface area contributed by atoms with E-state index >= 15 is 0 Å². The molecule has 0 aliphatic heterocycles. The molecule has 0 bridgehead atoms. The van der Waals surface area contributed by atoms with Crippen LogP contribution in [0.2, 0.25) is 0 Å². The van der Waals surface area contributed by atoms with Gasteiger partial charge in [-0.3, -0.25) is 14.9 Å². The lowest BCUT2D eigenvalue weighted by molar-refractivity contribution is -0.384. The number of fused-ring (bicyclic) bond motifs is 1. The van der Waals surface area contributed by atoms with Crippen molar-refractivity contribution < 1.29 is 14.5 Å². The number of non-ortho nitro benzene ring substituents is 1. The molecular formula is C21H25NO4. The Morgan fingerprint density at radius 1 is 1.19 bits per heavy atom. The van der Waals surface area contributed by atoms with Crippen LogP contribution in [0.15, 0.2) is 47.6 Å². The van der Waals surface area contributed by atoms with E-state index in [0.29, 0.717) is 6.61 Å². The van der Waals surface area contributed by atoms with Gasteiger partial charge in [0.2, 0.25) is 0 Å². The highest BCUT2D eigenvalue weighted by molar-refractivity contribution is 5.82. The number of nitro benzene ring substituents is 1. The number of nitrogens with zero attached hydrogens (tertiary/aromatic N) is 1. The van der Waals surface area contributed by atoms with Crippen molar-refractivity contribution in [3.05, 3.63) is 63.2 Å². The number of allylic oxidation sites excluding steroid dienone is 4. The van der Waals surface area contributed by atoms with Crippen LogP contribution in [-0.4, -0.2) is 17.5 Å². The molecule has 0 heterocycles. The van der Waals surface area contributed by atoms with Crippen LogP contribution in [0.4, 0.5) is 5.69 Å². The van der Waals surface area contributed by atoms with Gasteiger partial charge in [0.25, 0.3) is 5.69 Å².